The molecule has 20 heavy (non-hydrogen) atoms. The third-order valence-electron chi connectivity index (χ3n) is 3.89. The largest absolute Gasteiger partial charge is 0.405 e. The van der Waals surface area contributed by atoms with E-state index in [2.05, 4.69) is 5.32 Å². The minimum atomic E-state index is -4.29. The highest BCUT2D eigenvalue weighted by Gasteiger charge is 2.47. The molecular formula is C13H24F3N3O. The van der Waals surface area contributed by atoms with Crippen molar-refractivity contribution < 1.29 is 18.0 Å². The average Bonchev–Trinajstić information content (AvgIpc) is 2.36. The molecule has 1 aliphatic rings. The molecule has 1 fully saturated rings. The minimum Gasteiger partial charge on any atom is -0.356 e. The third-order valence-corrected chi connectivity index (χ3v) is 3.89. The number of amides is 1. The van der Waals surface area contributed by atoms with Crippen molar-refractivity contribution in [2.45, 2.75) is 51.4 Å². The standard InChI is InChI=1S/C13H24F3N3O/c1-3-11(17)12(13(14,15)16)19-6-4-10(5-7-19)8-18-9(2)20/h10-12H,3-8,17H2,1-2H3,(H,18,20). The second-order valence-corrected chi connectivity index (χ2v) is 5.47. The van der Waals surface area contributed by atoms with Gasteiger partial charge in [-0.3, -0.25) is 9.69 Å². The molecule has 3 N–H and O–H groups in total. The number of hydrogen-bond donors (Lipinski definition) is 2. The number of carbonyl (C=O) groups is 1. The molecule has 0 spiro atoms. The maximum absolute atomic E-state index is 13.1. The molecule has 1 heterocycles. The van der Waals surface area contributed by atoms with Gasteiger partial charge in [-0.2, -0.15) is 13.2 Å². The number of piperidine rings is 1. The van der Waals surface area contributed by atoms with Crippen LogP contribution in [0.5, 0.6) is 0 Å². The lowest BCUT2D eigenvalue weighted by Gasteiger charge is -2.40. The zero-order valence-electron chi connectivity index (χ0n) is 12.0. The molecule has 1 rings (SSSR count). The van der Waals surface area contributed by atoms with Gasteiger partial charge in [-0.15, -0.1) is 0 Å². The number of likely N-dealkylation sites (tertiary alicyclic amines) is 1. The molecule has 2 atom stereocenters. The first-order chi connectivity index (χ1) is 9.25. The summed E-state index contributed by atoms with van der Waals surface area (Å²) in [6.07, 6.45) is -2.68. The van der Waals surface area contributed by atoms with Crippen LogP contribution >= 0.6 is 0 Å². The van der Waals surface area contributed by atoms with Gasteiger partial charge in [0.2, 0.25) is 5.91 Å². The average molecular weight is 295 g/mol. The summed E-state index contributed by atoms with van der Waals surface area (Å²) < 4.78 is 39.3. The van der Waals surface area contributed by atoms with Crippen LogP contribution in [0.2, 0.25) is 0 Å². The van der Waals surface area contributed by atoms with Gasteiger partial charge in [-0.25, -0.2) is 0 Å². The number of hydrogen-bond acceptors (Lipinski definition) is 3. The number of nitrogens with one attached hydrogen (secondary N) is 1. The van der Waals surface area contributed by atoms with Crippen LogP contribution in [0.15, 0.2) is 0 Å². The second-order valence-electron chi connectivity index (χ2n) is 5.47. The van der Waals surface area contributed by atoms with Crippen LogP contribution < -0.4 is 11.1 Å². The fourth-order valence-electron chi connectivity index (χ4n) is 2.67. The number of alkyl halides is 3. The predicted molar refractivity (Wildman–Crippen MR) is 71.1 cm³/mol. The highest BCUT2D eigenvalue weighted by molar-refractivity contribution is 5.72. The van der Waals surface area contributed by atoms with Crippen LogP contribution in [-0.4, -0.2) is 48.7 Å². The van der Waals surface area contributed by atoms with Gasteiger partial charge in [0.15, 0.2) is 0 Å². The van der Waals surface area contributed by atoms with Gasteiger partial charge in [-0.1, -0.05) is 6.92 Å². The van der Waals surface area contributed by atoms with Gasteiger partial charge in [0.05, 0.1) is 0 Å². The lowest BCUT2D eigenvalue weighted by atomic mass is 9.93. The summed E-state index contributed by atoms with van der Waals surface area (Å²) in [6, 6.07) is -2.45. The van der Waals surface area contributed by atoms with E-state index in [9.17, 15) is 18.0 Å². The number of halogens is 3. The molecular weight excluding hydrogens is 271 g/mol. The Morgan fingerprint density at radius 2 is 1.95 bits per heavy atom. The van der Waals surface area contributed by atoms with E-state index < -0.39 is 18.3 Å². The summed E-state index contributed by atoms with van der Waals surface area (Å²) in [5, 5.41) is 2.72. The Hall–Kier alpha value is -0.820. The summed E-state index contributed by atoms with van der Waals surface area (Å²) in [5.41, 5.74) is 5.65. The molecule has 1 aliphatic heterocycles. The van der Waals surface area contributed by atoms with Crippen molar-refractivity contribution in [1.29, 1.82) is 0 Å². The number of rotatable bonds is 5. The van der Waals surface area contributed by atoms with Gasteiger partial charge in [0, 0.05) is 19.5 Å². The van der Waals surface area contributed by atoms with Gasteiger partial charge in [0.1, 0.15) is 6.04 Å². The Balaban J connectivity index is 2.55. The summed E-state index contributed by atoms with van der Waals surface area (Å²) >= 11 is 0. The molecule has 0 aromatic carbocycles. The van der Waals surface area contributed by atoms with Crippen molar-refractivity contribution >= 4 is 5.91 Å². The molecule has 0 bridgehead atoms. The maximum atomic E-state index is 13.1. The quantitative estimate of drug-likeness (QED) is 0.808. The molecule has 1 amide bonds. The smallest absolute Gasteiger partial charge is 0.356 e. The van der Waals surface area contributed by atoms with Crippen LogP contribution in [0.1, 0.15) is 33.1 Å². The molecule has 1 saturated heterocycles. The zero-order chi connectivity index (χ0) is 15.3. The molecule has 4 nitrogen and oxygen atoms in total. The first-order valence-corrected chi connectivity index (χ1v) is 7.06. The highest BCUT2D eigenvalue weighted by atomic mass is 19.4. The molecule has 0 aromatic rings. The summed E-state index contributed by atoms with van der Waals surface area (Å²) in [4.78, 5) is 12.3. The Bertz CT molecular complexity index is 314. The van der Waals surface area contributed by atoms with E-state index in [1.54, 1.807) is 6.92 Å². The summed E-state index contributed by atoms with van der Waals surface area (Å²) in [7, 11) is 0. The van der Waals surface area contributed by atoms with Crippen LogP contribution in [0, 0.1) is 5.92 Å². The van der Waals surface area contributed by atoms with Crippen LogP contribution in [0.25, 0.3) is 0 Å². The normalized spacial score (nSPS) is 21.5. The van der Waals surface area contributed by atoms with E-state index >= 15 is 0 Å². The van der Waals surface area contributed by atoms with Crippen LogP contribution in [0.4, 0.5) is 13.2 Å². The molecule has 118 valence electrons. The first kappa shape index (κ1) is 17.2. The predicted octanol–water partition coefficient (Wildman–Crippen LogP) is 1.50. The SMILES string of the molecule is CCC(N)C(N1CCC(CNC(C)=O)CC1)C(F)(F)F. The fourth-order valence-corrected chi connectivity index (χ4v) is 2.67. The lowest BCUT2D eigenvalue weighted by molar-refractivity contribution is -0.192. The molecule has 7 heteroatoms. The second kappa shape index (κ2) is 7.26. The van der Waals surface area contributed by atoms with E-state index in [1.165, 1.54) is 11.8 Å². The van der Waals surface area contributed by atoms with Crippen LogP contribution in [0.3, 0.4) is 0 Å². The van der Waals surface area contributed by atoms with Crippen molar-refractivity contribution in [3.63, 3.8) is 0 Å². The first-order valence-electron chi connectivity index (χ1n) is 7.06. The monoisotopic (exact) mass is 295 g/mol. The Kier molecular flexibility index (Phi) is 6.26. The third kappa shape index (κ3) is 4.94. The topological polar surface area (TPSA) is 58.4 Å². The van der Waals surface area contributed by atoms with Gasteiger partial charge >= 0.3 is 6.18 Å². The van der Waals surface area contributed by atoms with E-state index in [0.29, 0.717) is 38.9 Å². The van der Waals surface area contributed by atoms with Crippen molar-refractivity contribution in [2.24, 2.45) is 11.7 Å². The molecule has 0 aromatic heterocycles. The lowest BCUT2D eigenvalue weighted by Crippen LogP contribution is -2.58. The van der Waals surface area contributed by atoms with Crippen molar-refractivity contribution in [3.05, 3.63) is 0 Å². The number of carbonyl (C=O) groups excluding carboxylic acids is 1. The Labute approximate surface area is 117 Å². The fraction of sp³-hybridized carbons (Fsp3) is 0.923. The van der Waals surface area contributed by atoms with E-state index in [0.717, 1.165) is 0 Å². The zero-order valence-corrected chi connectivity index (χ0v) is 12.0. The van der Waals surface area contributed by atoms with Crippen molar-refractivity contribution in [3.8, 4) is 0 Å². The highest BCUT2D eigenvalue weighted by Crippen LogP contribution is 2.30. The molecule has 0 aliphatic carbocycles. The molecule has 2 unspecified atom stereocenters. The van der Waals surface area contributed by atoms with E-state index in [-0.39, 0.29) is 11.8 Å². The van der Waals surface area contributed by atoms with Crippen molar-refractivity contribution in [1.82, 2.24) is 10.2 Å². The Morgan fingerprint density at radius 3 is 2.35 bits per heavy atom. The summed E-state index contributed by atoms with van der Waals surface area (Å²) in [5.74, 6) is 0.149. The van der Waals surface area contributed by atoms with Gasteiger partial charge in [0.25, 0.3) is 0 Å². The van der Waals surface area contributed by atoms with Gasteiger partial charge in [-0.05, 0) is 38.3 Å². The summed E-state index contributed by atoms with van der Waals surface area (Å²) in [6.45, 7) is 4.41. The minimum absolute atomic E-state index is 0.103. The maximum Gasteiger partial charge on any atom is 0.405 e. The van der Waals surface area contributed by atoms with E-state index in [1.807, 2.05) is 0 Å². The Morgan fingerprint density at radius 1 is 1.40 bits per heavy atom. The van der Waals surface area contributed by atoms with Crippen LogP contribution in [-0.2, 0) is 4.79 Å². The van der Waals surface area contributed by atoms with Gasteiger partial charge < -0.3 is 11.1 Å². The van der Waals surface area contributed by atoms with Crippen molar-refractivity contribution in [2.75, 3.05) is 19.6 Å². The number of nitrogens with two attached hydrogens (primary N) is 1. The van der Waals surface area contributed by atoms with E-state index in [4.69, 9.17) is 5.73 Å². The number of nitrogens with zero attached hydrogens (tertiary/aromatic N) is 1. The molecule has 0 saturated carbocycles. The molecule has 0 radical (unpaired) electrons.